The molecule has 3 rings (SSSR count). The van der Waals surface area contributed by atoms with Gasteiger partial charge in [-0.3, -0.25) is 12.5 Å². The van der Waals surface area contributed by atoms with Crippen LogP contribution in [0.25, 0.3) is 0 Å². The van der Waals surface area contributed by atoms with Gasteiger partial charge in [0, 0.05) is 14.2 Å². The number of ether oxygens (including phenoxy) is 7. The minimum atomic E-state index is -6.12. The molecule has 32 nitrogen and oxygen atoms in total. The van der Waals surface area contributed by atoms with Crippen LogP contribution in [0.4, 0.5) is 0 Å². The number of aliphatic carboxylic acids is 1. The molecule has 0 aromatic carbocycles. The maximum absolute atomic E-state index is 12.3. The number of aliphatic hydroxyl groups excluding tert-OH is 3. The molecular formula is C20H30N2Na6O30S5. The molecule has 5 N–H and O–H groups in total. The topological polar surface area (TPSA) is 503 Å². The van der Waals surface area contributed by atoms with E-state index in [4.69, 9.17) is 33.2 Å². The summed E-state index contributed by atoms with van der Waals surface area (Å²) in [7, 11) is -26.9. The molecule has 0 saturated carbocycles. The van der Waals surface area contributed by atoms with Gasteiger partial charge in [-0.2, -0.15) is 0 Å². The molecule has 0 aliphatic carbocycles. The number of hydrogen-bond acceptors (Lipinski definition) is 30. The van der Waals surface area contributed by atoms with Crippen LogP contribution >= 0.6 is 0 Å². The normalized spacial score (nSPS) is 33.9. The first-order valence-electron chi connectivity index (χ1n) is 14.7. The van der Waals surface area contributed by atoms with E-state index in [1.807, 2.05) is 0 Å². The number of methoxy groups -OCH3 is 2. The standard InChI is InChI=1S/C20H36N2O30S5.6Na/c1-43-12-5(3-45-55(34,35)36)48-19(8(9(12)23)22-54(31,32)33)50-14-11(25)15(52-57(40,41)42)20(51-16(14)17(26)27)49-13-6(4-46-56(37,38)39)47-18(44-2)7(10(13)24)21-53(28,29)30;;;;;;/h5-16,18-25H,3-4H2,1-2H3,(H,26,27)(H,28,29,30)(H,31,32,33)(H,34,35,36)(H,37,38,39)(H,40,41,42);;;;;;/q;6*+1/p-6. The molecule has 3 fully saturated rings. The van der Waals surface area contributed by atoms with Gasteiger partial charge >= 0.3 is 177 Å². The Labute approximate surface area is 492 Å². The maximum atomic E-state index is 12.3. The number of carboxylic acid groups (broad SMARTS) is 1. The number of aliphatic hydroxyl groups is 3. The SMILES string of the molecule is COC1OC(COS(=O)(=O)[O-])C(OC2OC(C(=O)[O-])C(OC3OC(COS(=O)(=O)[O-])C(OC)C(O)C3NS(=O)(=O)[O-])C(O)C2OS(=O)(=O)[O-])C(O)C1NS(=O)(=O)[O-].[Na+].[Na+].[Na+].[Na+].[Na+].[Na+]. The fourth-order valence-corrected chi connectivity index (χ4v) is 7.84. The summed E-state index contributed by atoms with van der Waals surface area (Å²) >= 11 is 0. The zero-order chi connectivity index (χ0) is 43.6. The molecule has 3 aliphatic heterocycles. The van der Waals surface area contributed by atoms with Crippen LogP contribution in [0.2, 0.25) is 0 Å². The minimum Gasteiger partial charge on any atom is -0.735 e. The van der Waals surface area contributed by atoms with Crippen LogP contribution in [0.5, 0.6) is 0 Å². The molecule has 15 unspecified atom stereocenters. The van der Waals surface area contributed by atoms with Gasteiger partial charge in [0.1, 0.15) is 67.0 Å². The first kappa shape index (κ1) is 73.9. The van der Waals surface area contributed by atoms with Crippen molar-refractivity contribution in [3.63, 3.8) is 0 Å². The fraction of sp³-hybridized carbons (Fsp3) is 0.950. The summed E-state index contributed by atoms with van der Waals surface area (Å²) < 4.78 is 222. The second kappa shape index (κ2) is 30.6. The summed E-state index contributed by atoms with van der Waals surface area (Å²) in [6.45, 7) is -2.85. The molecule has 3 aliphatic rings. The second-order valence-electron chi connectivity index (χ2n) is 11.5. The van der Waals surface area contributed by atoms with Crippen molar-refractivity contribution in [2.75, 3.05) is 27.4 Å². The van der Waals surface area contributed by atoms with Gasteiger partial charge in [0.25, 0.3) is 0 Å². The number of carbonyl (C=O) groups is 1. The van der Waals surface area contributed by atoms with Crippen molar-refractivity contribution >= 4 is 57.8 Å². The van der Waals surface area contributed by atoms with E-state index in [1.54, 1.807) is 0 Å². The third-order valence-electron chi connectivity index (χ3n) is 7.73. The van der Waals surface area contributed by atoms with Gasteiger partial charge in [-0.1, -0.05) is 0 Å². The molecule has 0 radical (unpaired) electrons. The van der Waals surface area contributed by atoms with E-state index in [0.29, 0.717) is 0 Å². The molecule has 0 amide bonds. The van der Waals surface area contributed by atoms with Gasteiger partial charge < -0.3 is 81.1 Å². The van der Waals surface area contributed by atoms with E-state index >= 15 is 0 Å². The minimum absolute atomic E-state index is 0. The van der Waals surface area contributed by atoms with Crippen molar-refractivity contribution in [3.8, 4) is 0 Å². The average Bonchev–Trinajstić information content (AvgIpc) is 3.03. The van der Waals surface area contributed by atoms with Gasteiger partial charge in [-0.25, -0.2) is 51.5 Å². The van der Waals surface area contributed by atoms with E-state index in [1.165, 1.54) is 9.44 Å². The molecule has 3 heterocycles. The number of carbonyl (C=O) groups excluding carboxylic acids is 1. The Morgan fingerprint density at radius 1 is 0.540 bits per heavy atom. The van der Waals surface area contributed by atoms with Gasteiger partial charge in [-0.05, 0) is 0 Å². The summed E-state index contributed by atoms with van der Waals surface area (Å²) in [6.07, 6.45) is -32.8. The van der Waals surface area contributed by atoms with E-state index in [9.17, 15) is 90.1 Å². The van der Waals surface area contributed by atoms with E-state index in [2.05, 4.69) is 12.5 Å². The average molecular weight is 1080 g/mol. The second-order valence-corrected chi connectivity index (χ2v) is 16.9. The Balaban J connectivity index is -0.00000290. The maximum Gasteiger partial charge on any atom is 1.00 e. The van der Waals surface area contributed by atoms with Gasteiger partial charge in [0.15, 0.2) is 45.6 Å². The number of rotatable bonds is 19. The third kappa shape index (κ3) is 23.9. The first-order chi connectivity index (χ1) is 25.8. The van der Waals surface area contributed by atoms with Crippen molar-refractivity contribution in [1.29, 1.82) is 0 Å². The Morgan fingerprint density at radius 3 is 1.32 bits per heavy atom. The summed E-state index contributed by atoms with van der Waals surface area (Å²) in [5, 5.41) is 45.5. The molecule has 0 aromatic heterocycles. The van der Waals surface area contributed by atoms with E-state index in [-0.39, 0.29) is 177 Å². The smallest absolute Gasteiger partial charge is 0.735 e. The predicted octanol–water partition coefficient (Wildman–Crippen LogP) is -28.9. The molecule has 0 spiro atoms. The van der Waals surface area contributed by atoms with Gasteiger partial charge in [0.05, 0.1) is 19.2 Å². The summed E-state index contributed by atoms with van der Waals surface area (Å²) in [6, 6.07) is -4.69. The van der Waals surface area contributed by atoms with Crippen LogP contribution in [0.1, 0.15) is 0 Å². The van der Waals surface area contributed by atoms with Crippen molar-refractivity contribution in [1.82, 2.24) is 9.44 Å². The zero-order valence-corrected chi connectivity index (χ0v) is 50.1. The molecule has 0 aromatic rings. The molecule has 63 heavy (non-hydrogen) atoms. The van der Waals surface area contributed by atoms with Crippen LogP contribution < -0.4 is 192 Å². The zero-order valence-electron chi connectivity index (χ0n) is 34.0. The predicted molar refractivity (Wildman–Crippen MR) is 156 cm³/mol. The Bertz CT molecular complexity index is 1970. The summed E-state index contributed by atoms with van der Waals surface area (Å²) in [5.74, 6) is -2.49. The monoisotopic (exact) mass is 1080 g/mol. The molecule has 15 atom stereocenters. The molecular weight excluding hydrogens is 1050 g/mol. The van der Waals surface area contributed by atoms with Crippen molar-refractivity contribution in [2.24, 2.45) is 0 Å². The van der Waals surface area contributed by atoms with E-state index < -0.39 is 163 Å². The van der Waals surface area contributed by atoms with Crippen LogP contribution in [0.15, 0.2) is 0 Å². The molecule has 43 heteroatoms. The fourth-order valence-electron chi connectivity index (χ4n) is 5.60. The largest absolute Gasteiger partial charge is 1.00 e. The summed E-state index contributed by atoms with van der Waals surface area (Å²) in [5.41, 5.74) is 0. The molecule has 336 valence electrons. The molecule has 3 saturated heterocycles. The Hall–Kier alpha value is 4.42. The Morgan fingerprint density at radius 2 is 0.937 bits per heavy atom. The van der Waals surface area contributed by atoms with Crippen molar-refractivity contribution in [3.05, 3.63) is 0 Å². The van der Waals surface area contributed by atoms with E-state index in [0.717, 1.165) is 14.2 Å². The van der Waals surface area contributed by atoms with Gasteiger partial charge in [0.2, 0.25) is 31.2 Å². The quantitative estimate of drug-likeness (QED) is 0.0455. The first-order valence-corrected chi connectivity index (χ1v) is 21.5. The third-order valence-corrected chi connectivity index (χ3v) is 10.2. The summed E-state index contributed by atoms with van der Waals surface area (Å²) in [4.78, 5) is 12.3. The van der Waals surface area contributed by atoms with Gasteiger partial charge in [-0.15, -0.1) is 0 Å². The van der Waals surface area contributed by atoms with Crippen LogP contribution in [0.3, 0.4) is 0 Å². The van der Waals surface area contributed by atoms with Crippen LogP contribution in [-0.4, -0.2) is 206 Å². The van der Waals surface area contributed by atoms with Crippen molar-refractivity contribution in [2.45, 2.75) is 92.0 Å². The number of carboxylic acids is 1. The number of nitrogens with one attached hydrogen (secondary N) is 2. The van der Waals surface area contributed by atoms with Crippen LogP contribution in [-0.2, 0) is 102 Å². The van der Waals surface area contributed by atoms with Crippen molar-refractivity contribution < 1.29 is 313 Å². The molecule has 0 bridgehead atoms. The number of hydrogen-bond donors (Lipinski definition) is 5. The van der Waals surface area contributed by atoms with Crippen LogP contribution in [0, 0.1) is 0 Å². The Kier molecular flexibility index (Phi) is 35.9.